The van der Waals surface area contributed by atoms with E-state index >= 15 is 0 Å². The number of carbonyl (C=O) groups is 1. The van der Waals surface area contributed by atoms with Crippen LogP contribution in [-0.2, 0) is 11.3 Å². The van der Waals surface area contributed by atoms with E-state index in [-0.39, 0.29) is 5.91 Å². The fourth-order valence-corrected chi connectivity index (χ4v) is 4.21. The summed E-state index contributed by atoms with van der Waals surface area (Å²) in [6.07, 6.45) is 5.27. The first-order chi connectivity index (χ1) is 9.72. The Bertz CT molecular complexity index is 473. The third kappa shape index (κ3) is 3.22. The molecule has 20 heavy (non-hydrogen) atoms. The minimum Gasteiger partial charge on any atom is -0.325 e. The van der Waals surface area contributed by atoms with Gasteiger partial charge in [0.1, 0.15) is 0 Å². The van der Waals surface area contributed by atoms with Gasteiger partial charge in [0.15, 0.2) is 0 Å². The zero-order chi connectivity index (χ0) is 13.9. The van der Waals surface area contributed by atoms with E-state index in [9.17, 15) is 4.79 Å². The summed E-state index contributed by atoms with van der Waals surface area (Å²) in [4.78, 5) is 15.0. The van der Waals surface area contributed by atoms with Crippen LogP contribution in [0.4, 0.5) is 5.69 Å². The summed E-state index contributed by atoms with van der Waals surface area (Å²) in [6, 6.07) is 3.42. The molecule has 0 saturated carbocycles. The van der Waals surface area contributed by atoms with Crippen LogP contribution in [0, 0.1) is 0 Å². The van der Waals surface area contributed by atoms with Gasteiger partial charge in [-0.25, -0.2) is 0 Å². The van der Waals surface area contributed by atoms with Crippen molar-refractivity contribution in [2.45, 2.75) is 51.2 Å². The number of anilines is 1. The molecule has 110 valence electrons. The number of carbonyl (C=O) groups excluding carboxylic acids is 1. The molecule has 3 rings (SSSR count). The number of piperidine rings is 1. The highest BCUT2D eigenvalue weighted by atomic mass is 32.1. The second-order valence-corrected chi connectivity index (χ2v) is 6.87. The van der Waals surface area contributed by atoms with E-state index in [1.54, 1.807) is 18.3 Å². The van der Waals surface area contributed by atoms with Crippen LogP contribution >= 0.6 is 11.3 Å². The minimum absolute atomic E-state index is 0.00362. The SMILES string of the molecule is CC(=O)Nc1ccsc1CNC1CCN2CCCC2C1. The van der Waals surface area contributed by atoms with Crippen LogP contribution in [0.5, 0.6) is 0 Å². The molecule has 2 aliphatic heterocycles. The Morgan fingerprint density at radius 2 is 2.35 bits per heavy atom. The molecule has 0 radical (unpaired) electrons. The van der Waals surface area contributed by atoms with Crippen LogP contribution in [0.2, 0.25) is 0 Å². The highest BCUT2D eigenvalue weighted by Crippen LogP contribution is 2.28. The molecule has 1 amide bonds. The molecule has 2 N–H and O–H groups in total. The summed E-state index contributed by atoms with van der Waals surface area (Å²) in [5, 5.41) is 8.63. The van der Waals surface area contributed by atoms with Gasteiger partial charge in [-0.15, -0.1) is 11.3 Å². The summed E-state index contributed by atoms with van der Waals surface area (Å²) in [6.45, 7) is 4.97. The first-order valence-electron chi connectivity index (χ1n) is 7.54. The Hall–Kier alpha value is -0.910. The van der Waals surface area contributed by atoms with Crippen molar-refractivity contribution < 1.29 is 4.79 Å². The van der Waals surface area contributed by atoms with Crippen LogP contribution in [0.15, 0.2) is 11.4 Å². The molecule has 0 bridgehead atoms. The van der Waals surface area contributed by atoms with Gasteiger partial charge in [0, 0.05) is 30.4 Å². The number of hydrogen-bond acceptors (Lipinski definition) is 4. The third-order valence-corrected chi connectivity index (χ3v) is 5.35. The molecule has 2 saturated heterocycles. The lowest BCUT2D eigenvalue weighted by Gasteiger charge is -2.35. The standard InChI is InChI=1S/C15H23N3OS/c1-11(19)17-14-5-8-20-15(14)10-16-12-4-7-18-6-2-3-13(18)9-12/h5,8,12-13,16H,2-4,6-7,9-10H2,1H3,(H,17,19). The van der Waals surface area contributed by atoms with E-state index in [1.165, 1.54) is 43.6 Å². The van der Waals surface area contributed by atoms with Gasteiger partial charge in [0.25, 0.3) is 0 Å². The van der Waals surface area contributed by atoms with Crippen molar-refractivity contribution in [2.75, 3.05) is 18.4 Å². The van der Waals surface area contributed by atoms with Gasteiger partial charge in [-0.1, -0.05) is 0 Å². The Morgan fingerprint density at radius 3 is 3.20 bits per heavy atom. The van der Waals surface area contributed by atoms with E-state index in [0.717, 1.165) is 18.3 Å². The van der Waals surface area contributed by atoms with E-state index in [4.69, 9.17) is 0 Å². The molecule has 0 aromatic carbocycles. The summed E-state index contributed by atoms with van der Waals surface area (Å²) >= 11 is 1.71. The topological polar surface area (TPSA) is 44.4 Å². The molecule has 0 aliphatic carbocycles. The molecule has 2 atom stereocenters. The van der Waals surface area contributed by atoms with Crippen LogP contribution in [0.25, 0.3) is 0 Å². The van der Waals surface area contributed by atoms with Crippen molar-refractivity contribution in [3.05, 3.63) is 16.3 Å². The maximum Gasteiger partial charge on any atom is 0.221 e. The lowest BCUT2D eigenvalue weighted by atomic mass is 9.97. The Kier molecular flexibility index (Phi) is 4.38. The lowest BCUT2D eigenvalue weighted by molar-refractivity contribution is -0.114. The van der Waals surface area contributed by atoms with Gasteiger partial charge < -0.3 is 15.5 Å². The first kappa shape index (κ1) is 14.0. The average Bonchev–Trinajstić information content (AvgIpc) is 3.03. The monoisotopic (exact) mass is 293 g/mol. The number of rotatable bonds is 4. The van der Waals surface area contributed by atoms with E-state index in [0.29, 0.717) is 6.04 Å². The zero-order valence-electron chi connectivity index (χ0n) is 12.0. The van der Waals surface area contributed by atoms with Gasteiger partial charge in [0.05, 0.1) is 5.69 Å². The van der Waals surface area contributed by atoms with Crippen molar-refractivity contribution in [1.29, 1.82) is 0 Å². The third-order valence-electron chi connectivity index (χ3n) is 4.43. The molecule has 2 fully saturated rings. The molecule has 5 heteroatoms. The van der Waals surface area contributed by atoms with Crippen molar-refractivity contribution >= 4 is 22.9 Å². The van der Waals surface area contributed by atoms with Crippen molar-refractivity contribution in [3.8, 4) is 0 Å². The normalized spacial score (nSPS) is 26.4. The van der Waals surface area contributed by atoms with Crippen molar-refractivity contribution in [2.24, 2.45) is 0 Å². The second-order valence-electron chi connectivity index (χ2n) is 5.87. The fourth-order valence-electron chi connectivity index (χ4n) is 3.43. The molecule has 4 nitrogen and oxygen atoms in total. The minimum atomic E-state index is 0.00362. The molecular formula is C15H23N3OS. The maximum absolute atomic E-state index is 11.2. The van der Waals surface area contributed by atoms with Crippen molar-refractivity contribution in [1.82, 2.24) is 10.2 Å². The number of hydrogen-bond donors (Lipinski definition) is 2. The number of fused-ring (bicyclic) bond motifs is 1. The zero-order valence-corrected chi connectivity index (χ0v) is 12.8. The van der Waals surface area contributed by atoms with E-state index < -0.39 is 0 Å². The smallest absolute Gasteiger partial charge is 0.221 e. The lowest BCUT2D eigenvalue weighted by Crippen LogP contribution is -2.45. The quantitative estimate of drug-likeness (QED) is 0.896. The second kappa shape index (κ2) is 6.24. The summed E-state index contributed by atoms with van der Waals surface area (Å²) in [7, 11) is 0. The van der Waals surface area contributed by atoms with Gasteiger partial charge >= 0.3 is 0 Å². The van der Waals surface area contributed by atoms with Gasteiger partial charge in [-0.05, 0) is 50.2 Å². The summed E-state index contributed by atoms with van der Waals surface area (Å²) in [5.74, 6) is 0.00362. The van der Waals surface area contributed by atoms with Gasteiger partial charge in [-0.3, -0.25) is 4.79 Å². The van der Waals surface area contributed by atoms with E-state index in [1.807, 2.05) is 11.4 Å². The highest BCUT2D eigenvalue weighted by Gasteiger charge is 2.31. The molecule has 2 aliphatic rings. The van der Waals surface area contributed by atoms with Crippen LogP contribution in [0.3, 0.4) is 0 Å². The van der Waals surface area contributed by atoms with Crippen LogP contribution in [-0.4, -0.2) is 36.0 Å². The predicted molar refractivity (Wildman–Crippen MR) is 83.1 cm³/mol. The number of thiophene rings is 1. The Morgan fingerprint density at radius 1 is 1.45 bits per heavy atom. The highest BCUT2D eigenvalue weighted by molar-refractivity contribution is 7.10. The Balaban J connectivity index is 1.52. The largest absolute Gasteiger partial charge is 0.325 e. The molecular weight excluding hydrogens is 270 g/mol. The number of amides is 1. The number of nitrogens with one attached hydrogen (secondary N) is 2. The van der Waals surface area contributed by atoms with Gasteiger partial charge in [-0.2, -0.15) is 0 Å². The van der Waals surface area contributed by atoms with Gasteiger partial charge in [0.2, 0.25) is 5.91 Å². The Labute approximate surface area is 124 Å². The molecule has 1 aromatic heterocycles. The average molecular weight is 293 g/mol. The summed E-state index contributed by atoms with van der Waals surface area (Å²) in [5.41, 5.74) is 0.966. The summed E-state index contributed by atoms with van der Waals surface area (Å²) < 4.78 is 0. The molecule has 1 aromatic rings. The van der Waals surface area contributed by atoms with Crippen LogP contribution in [0.1, 0.15) is 37.5 Å². The number of nitrogens with zero attached hydrogens (tertiary/aromatic N) is 1. The predicted octanol–water partition coefficient (Wildman–Crippen LogP) is 2.42. The van der Waals surface area contributed by atoms with Crippen LogP contribution < -0.4 is 10.6 Å². The maximum atomic E-state index is 11.2. The molecule has 2 unspecified atom stereocenters. The molecule has 3 heterocycles. The van der Waals surface area contributed by atoms with E-state index in [2.05, 4.69) is 15.5 Å². The first-order valence-corrected chi connectivity index (χ1v) is 8.42. The fraction of sp³-hybridized carbons (Fsp3) is 0.667. The molecule has 0 spiro atoms. The van der Waals surface area contributed by atoms with Crippen molar-refractivity contribution in [3.63, 3.8) is 0 Å².